The second-order valence-electron chi connectivity index (χ2n) is 4.03. The third kappa shape index (κ3) is 3.36. The van der Waals surface area contributed by atoms with E-state index >= 15 is 0 Å². The lowest BCUT2D eigenvalue weighted by Crippen LogP contribution is -2.14. The molecule has 2 rings (SSSR count). The summed E-state index contributed by atoms with van der Waals surface area (Å²) in [4.78, 5) is 11.1. The van der Waals surface area contributed by atoms with Crippen molar-refractivity contribution in [3.05, 3.63) is 10.9 Å². The summed E-state index contributed by atoms with van der Waals surface area (Å²) < 4.78 is 0. The van der Waals surface area contributed by atoms with Crippen LogP contribution in [0.3, 0.4) is 0 Å². The topological polar surface area (TPSA) is 78.3 Å². The minimum atomic E-state index is -0.725. The summed E-state index contributed by atoms with van der Waals surface area (Å²) in [5, 5.41) is 23.1. The van der Waals surface area contributed by atoms with Crippen LogP contribution in [0.4, 0.5) is 5.95 Å². The minimum absolute atomic E-state index is 0.232. The largest absolute Gasteiger partial charge is 0.394 e. The third-order valence-corrected chi connectivity index (χ3v) is 4.91. The highest BCUT2D eigenvalue weighted by molar-refractivity contribution is 7.99. The lowest BCUT2D eigenvalue weighted by atomic mass is 10.3. The maximum absolute atomic E-state index is 9.44. The predicted molar refractivity (Wildman–Crippen MR) is 80.2 cm³/mol. The Balaban J connectivity index is 2.35. The summed E-state index contributed by atoms with van der Waals surface area (Å²) in [6, 6.07) is 2.10. The van der Waals surface area contributed by atoms with Crippen molar-refractivity contribution in [1.82, 2.24) is 9.97 Å². The van der Waals surface area contributed by atoms with Gasteiger partial charge in [0.1, 0.15) is 9.86 Å². The summed E-state index contributed by atoms with van der Waals surface area (Å²) in [5.41, 5.74) is 0. The van der Waals surface area contributed by atoms with E-state index in [1.807, 2.05) is 0 Å². The molecule has 0 aliphatic heterocycles. The van der Waals surface area contributed by atoms with Gasteiger partial charge in [-0.1, -0.05) is 6.92 Å². The molecule has 0 saturated carbocycles. The number of hydrogen-bond acceptors (Lipinski definition) is 7. The van der Waals surface area contributed by atoms with Gasteiger partial charge in [0.15, 0.2) is 0 Å². The number of aromatic nitrogens is 2. The van der Waals surface area contributed by atoms with Gasteiger partial charge < -0.3 is 15.5 Å². The van der Waals surface area contributed by atoms with Crippen LogP contribution in [0.5, 0.6) is 0 Å². The second kappa shape index (κ2) is 6.51. The van der Waals surface area contributed by atoms with Crippen LogP contribution in [-0.2, 0) is 6.42 Å². The Morgan fingerprint density at radius 1 is 1.47 bits per heavy atom. The van der Waals surface area contributed by atoms with E-state index in [-0.39, 0.29) is 6.61 Å². The van der Waals surface area contributed by atoms with Gasteiger partial charge in [0.25, 0.3) is 0 Å². The summed E-state index contributed by atoms with van der Waals surface area (Å²) >= 11 is 3.11. The van der Waals surface area contributed by atoms with Gasteiger partial charge in [0, 0.05) is 23.1 Å². The molecule has 0 saturated heterocycles. The highest BCUT2D eigenvalue weighted by Crippen LogP contribution is 2.32. The fourth-order valence-corrected chi connectivity index (χ4v) is 3.52. The van der Waals surface area contributed by atoms with E-state index in [0.29, 0.717) is 11.7 Å². The number of aliphatic hydroxyl groups excluding tert-OH is 2. The first-order valence-corrected chi connectivity index (χ1v) is 7.88. The number of aliphatic hydroxyl groups is 2. The normalized spacial score (nSPS) is 12.8. The lowest BCUT2D eigenvalue weighted by molar-refractivity contribution is 0.113. The van der Waals surface area contributed by atoms with Crippen molar-refractivity contribution in [3.8, 4) is 0 Å². The Labute approximate surface area is 120 Å². The molecule has 0 aliphatic carbocycles. The Bertz CT molecular complexity index is 559. The van der Waals surface area contributed by atoms with E-state index in [1.165, 1.54) is 16.6 Å². The third-order valence-electron chi connectivity index (χ3n) is 2.60. The molecule has 2 aromatic heterocycles. The number of anilines is 1. The average molecular weight is 299 g/mol. The maximum atomic E-state index is 9.44. The van der Waals surface area contributed by atoms with Crippen molar-refractivity contribution in [3.63, 3.8) is 0 Å². The zero-order valence-corrected chi connectivity index (χ0v) is 12.5. The highest BCUT2D eigenvalue weighted by Gasteiger charge is 2.13. The van der Waals surface area contributed by atoms with Gasteiger partial charge in [-0.15, -0.1) is 23.1 Å². The molecule has 2 heterocycles. The summed E-state index contributed by atoms with van der Waals surface area (Å²) in [6.07, 6.45) is 0.247. The summed E-state index contributed by atoms with van der Waals surface area (Å²) in [7, 11) is 1.78. The molecule has 0 spiro atoms. The summed E-state index contributed by atoms with van der Waals surface area (Å²) in [6.45, 7) is 1.88. The fraction of sp³-hybridized carbons (Fsp3) is 0.500. The first kappa shape index (κ1) is 14.5. The minimum Gasteiger partial charge on any atom is -0.394 e. The number of thioether (sulfide) groups is 1. The quantitative estimate of drug-likeness (QED) is 0.557. The smallest absolute Gasteiger partial charge is 0.224 e. The predicted octanol–water partition coefficient (Wildman–Crippen LogP) is 1.74. The first-order valence-electron chi connectivity index (χ1n) is 6.07. The number of rotatable bonds is 6. The van der Waals surface area contributed by atoms with Gasteiger partial charge in [0.2, 0.25) is 5.95 Å². The molecule has 2 aromatic rings. The Morgan fingerprint density at radius 2 is 2.26 bits per heavy atom. The number of nitrogens with one attached hydrogen (secondary N) is 1. The van der Waals surface area contributed by atoms with Gasteiger partial charge >= 0.3 is 0 Å². The Hall–Kier alpha value is -0.890. The molecule has 19 heavy (non-hydrogen) atoms. The zero-order chi connectivity index (χ0) is 13.8. The van der Waals surface area contributed by atoms with Crippen LogP contribution in [0, 0.1) is 0 Å². The van der Waals surface area contributed by atoms with Gasteiger partial charge in [-0.05, 0) is 12.5 Å². The molecule has 0 fully saturated rings. The van der Waals surface area contributed by atoms with E-state index in [4.69, 9.17) is 5.11 Å². The average Bonchev–Trinajstić information content (AvgIpc) is 2.86. The number of nitrogens with zero attached hydrogens (tertiary/aromatic N) is 2. The van der Waals surface area contributed by atoms with Crippen molar-refractivity contribution in [2.45, 2.75) is 24.5 Å². The van der Waals surface area contributed by atoms with Crippen molar-refractivity contribution in [2.75, 3.05) is 24.7 Å². The Morgan fingerprint density at radius 3 is 2.89 bits per heavy atom. The van der Waals surface area contributed by atoms with Crippen molar-refractivity contribution >= 4 is 39.3 Å². The van der Waals surface area contributed by atoms with E-state index in [0.717, 1.165) is 21.7 Å². The number of hydrogen-bond donors (Lipinski definition) is 3. The van der Waals surface area contributed by atoms with Crippen LogP contribution >= 0.6 is 23.1 Å². The van der Waals surface area contributed by atoms with Crippen LogP contribution < -0.4 is 5.32 Å². The lowest BCUT2D eigenvalue weighted by Gasteiger charge is -2.08. The number of thiophene rings is 1. The van der Waals surface area contributed by atoms with Crippen molar-refractivity contribution in [1.29, 1.82) is 0 Å². The molecule has 0 bridgehead atoms. The monoisotopic (exact) mass is 299 g/mol. The number of fused-ring (bicyclic) bond motifs is 1. The summed E-state index contributed by atoms with van der Waals surface area (Å²) in [5.74, 6) is 1.00. The van der Waals surface area contributed by atoms with Crippen LogP contribution in [0.15, 0.2) is 11.1 Å². The molecule has 1 atom stereocenters. The second-order valence-corrected chi connectivity index (χ2v) is 6.16. The SMILES string of the molecule is CCc1cc2c(SCC(O)CO)nc(NC)nc2s1. The molecule has 104 valence electrons. The molecular weight excluding hydrogens is 282 g/mol. The van der Waals surface area contributed by atoms with Gasteiger partial charge in [-0.2, -0.15) is 0 Å². The molecular formula is C12H17N3O2S2. The molecule has 1 unspecified atom stereocenters. The van der Waals surface area contributed by atoms with Crippen LogP contribution in [0.2, 0.25) is 0 Å². The fourth-order valence-electron chi connectivity index (χ4n) is 1.57. The van der Waals surface area contributed by atoms with Crippen molar-refractivity contribution in [2.24, 2.45) is 0 Å². The van der Waals surface area contributed by atoms with Gasteiger partial charge in [-0.25, -0.2) is 9.97 Å². The van der Waals surface area contributed by atoms with Gasteiger partial charge in [-0.3, -0.25) is 0 Å². The standard InChI is InChI=1S/C12H17N3O2S2/c1-3-8-4-9-10(18-6-7(17)5-16)14-12(13-2)15-11(9)19-8/h4,7,16-17H,3,5-6H2,1-2H3,(H,13,14,15). The first-order chi connectivity index (χ1) is 9.17. The van der Waals surface area contributed by atoms with Crippen LogP contribution in [0.25, 0.3) is 10.2 Å². The van der Waals surface area contributed by atoms with E-state index in [9.17, 15) is 5.11 Å². The maximum Gasteiger partial charge on any atom is 0.224 e. The van der Waals surface area contributed by atoms with Crippen LogP contribution in [-0.4, -0.2) is 45.7 Å². The number of aryl methyl sites for hydroxylation is 1. The molecule has 7 heteroatoms. The Kier molecular flexibility index (Phi) is 4.98. The van der Waals surface area contributed by atoms with E-state index in [2.05, 4.69) is 28.3 Å². The molecule has 0 amide bonds. The van der Waals surface area contributed by atoms with Crippen LogP contribution in [0.1, 0.15) is 11.8 Å². The highest BCUT2D eigenvalue weighted by atomic mass is 32.2. The van der Waals surface area contributed by atoms with Gasteiger partial charge in [0.05, 0.1) is 12.7 Å². The zero-order valence-electron chi connectivity index (χ0n) is 10.9. The van der Waals surface area contributed by atoms with E-state index < -0.39 is 6.10 Å². The van der Waals surface area contributed by atoms with Crippen molar-refractivity contribution < 1.29 is 10.2 Å². The molecule has 0 radical (unpaired) electrons. The molecule has 3 N–H and O–H groups in total. The van der Waals surface area contributed by atoms with E-state index in [1.54, 1.807) is 18.4 Å². The molecule has 0 aromatic carbocycles. The molecule has 0 aliphatic rings. The molecule has 5 nitrogen and oxygen atoms in total.